The number of hydrogen-bond acceptors (Lipinski definition) is 5. The van der Waals surface area contributed by atoms with Crippen molar-refractivity contribution in [3.05, 3.63) is 29.2 Å². The van der Waals surface area contributed by atoms with Gasteiger partial charge in [0.1, 0.15) is 11.4 Å². The van der Waals surface area contributed by atoms with Crippen molar-refractivity contribution in [1.29, 1.82) is 0 Å². The van der Waals surface area contributed by atoms with Crippen LogP contribution >= 0.6 is 23.4 Å². The van der Waals surface area contributed by atoms with Crippen molar-refractivity contribution in [3.8, 4) is 0 Å². The minimum absolute atomic E-state index is 0.0198. The summed E-state index contributed by atoms with van der Waals surface area (Å²) in [4.78, 5) is 18.9. The molecule has 0 unspecified atom stereocenters. The third-order valence-corrected chi connectivity index (χ3v) is 3.21. The van der Waals surface area contributed by atoms with Crippen molar-refractivity contribution in [2.24, 2.45) is 7.05 Å². The molecule has 17 heavy (non-hydrogen) atoms. The average molecular weight is 271 g/mol. The van der Waals surface area contributed by atoms with Crippen LogP contribution in [0.4, 0.5) is 0 Å². The monoisotopic (exact) mass is 270 g/mol. The Kier molecular flexibility index (Phi) is 3.30. The molecule has 2 rings (SSSR count). The van der Waals surface area contributed by atoms with Crippen LogP contribution in [0.1, 0.15) is 10.4 Å². The van der Waals surface area contributed by atoms with Crippen molar-refractivity contribution in [2.45, 2.75) is 10.2 Å². The molecule has 2 aromatic rings. The van der Waals surface area contributed by atoms with Gasteiger partial charge in [0.05, 0.1) is 10.6 Å². The van der Waals surface area contributed by atoms with E-state index in [-0.39, 0.29) is 10.6 Å². The van der Waals surface area contributed by atoms with Crippen molar-refractivity contribution in [1.82, 2.24) is 19.7 Å². The smallest absolute Gasteiger partial charge is 0.337 e. The molecule has 0 saturated carbocycles. The lowest BCUT2D eigenvalue weighted by Gasteiger charge is -2.02. The molecule has 2 aromatic heterocycles. The summed E-state index contributed by atoms with van der Waals surface area (Å²) in [5.41, 5.74) is 0.0198. The highest BCUT2D eigenvalue weighted by Gasteiger charge is 2.12. The maximum absolute atomic E-state index is 10.9. The van der Waals surface area contributed by atoms with Crippen molar-refractivity contribution < 1.29 is 9.90 Å². The quantitative estimate of drug-likeness (QED) is 0.914. The molecule has 0 aliphatic carbocycles. The zero-order chi connectivity index (χ0) is 12.4. The molecular weight excluding hydrogens is 264 g/mol. The minimum atomic E-state index is -1.09. The largest absolute Gasteiger partial charge is 0.478 e. The Morgan fingerprint density at radius 1 is 1.53 bits per heavy atom. The highest BCUT2D eigenvalue weighted by Crippen LogP contribution is 2.26. The van der Waals surface area contributed by atoms with Crippen LogP contribution in [-0.2, 0) is 7.05 Å². The van der Waals surface area contributed by atoms with Gasteiger partial charge >= 0.3 is 5.97 Å². The van der Waals surface area contributed by atoms with Crippen LogP contribution in [0.25, 0.3) is 0 Å². The molecule has 0 bridgehead atoms. The molecule has 0 atom stereocenters. The van der Waals surface area contributed by atoms with E-state index in [1.54, 1.807) is 11.7 Å². The number of nitrogens with zero attached hydrogens (tertiary/aromatic N) is 4. The number of aromatic carboxylic acids is 1. The fraction of sp³-hybridized carbons (Fsp3) is 0.111. The van der Waals surface area contributed by atoms with E-state index in [0.717, 1.165) is 0 Å². The van der Waals surface area contributed by atoms with E-state index in [1.165, 1.54) is 30.4 Å². The second kappa shape index (κ2) is 4.72. The Balaban J connectivity index is 2.32. The summed E-state index contributed by atoms with van der Waals surface area (Å²) in [5, 5.41) is 14.1. The summed E-state index contributed by atoms with van der Waals surface area (Å²) in [6.07, 6.45) is 2.72. The van der Waals surface area contributed by atoms with Gasteiger partial charge in [-0.05, 0) is 17.8 Å². The van der Waals surface area contributed by atoms with Gasteiger partial charge in [-0.15, -0.1) is 0 Å². The van der Waals surface area contributed by atoms with E-state index in [4.69, 9.17) is 16.7 Å². The van der Waals surface area contributed by atoms with Crippen molar-refractivity contribution in [3.63, 3.8) is 0 Å². The predicted molar refractivity (Wildman–Crippen MR) is 61.3 cm³/mol. The topological polar surface area (TPSA) is 80.9 Å². The molecule has 0 saturated heterocycles. The Morgan fingerprint density at radius 2 is 2.29 bits per heavy atom. The second-order valence-electron chi connectivity index (χ2n) is 3.08. The number of rotatable bonds is 3. The SMILES string of the molecule is Cn1ncnc1Sc1cc(C(=O)O)c(Cl)cn1. The Morgan fingerprint density at radius 3 is 2.88 bits per heavy atom. The number of pyridine rings is 1. The van der Waals surface area contributed by atoms with Gasteiger partial charge < -0.3 is 5.11 Å². The first-order valence-corrected chi connectivity index (χ1v) is 5.68. The summed E-state index contributed by atoms with van der Waals surface area (Å²) in [6.45, 7) is 0. The normalized spacial score (nSPS) is 10.5. The summed E-state index contributed by atoms with van der Waals surface area (Å²) < 4.78 is 1.57. The maximum Gasteiger partial charge on any atom is 0.337 e. The lowest BCUT2D eigenvalue weighted by Crippen LogP contribution is -1.99. The third-order valence-electron chi connectivity index (χ3n) is 1.93. The molecule has 0 spiro atoms. The highest BCUT2D eigenvalue weighted by atomic mass is 35.5. The van der Waals surface area contributed by atoms with E-state index in [2.05, 4.69) is 15.1 Å². The Labute approximate surface area is 106 Å². The van der Waals surface area contributed by atoms with Crippen LogP contribution in [0, 0.1) is 0 Å². The third kappa shape index (κ3) is 2.56. The number of carboxylic acids is 1. The summed E-state index contributed by atoms with van der Waals surface area (Å²) in [6, 6.07) is 1.41. The fourth-order valence-electron chi connectivity index (χ4n) is 1.11. The number of aryl methyl sites for hydroxylation is 1. The highest BCUT2D eigenvalue weighted by molar-refractivity contribution is 7.99. The first-order valence-electron chi connectivity index (χ1n) is 4.48. The van der Waals surface area contributed by atoms with Crippen LogP contribution in [0.15, 0.2) is 28.8 Å². The molecule has 8 heteroatoms. The molecule has 0 aromatic carbocycles. The van der Waals surface area contributed by atoms with Crippen LogP contribution < -0.4 is 0 Å². The van der Waals surface area contributed by atoms with Gasteiger partial charge in [0.2, 0.25) is 0 Å². The Bertz CT molecular complexity index is 572. The van der Waals surface area contributed by atoms with Crippen LogP contribution in [0.3, 0.4) is 0 Å². The van der Waals surface area contributed by atoms with Gasteiger partial charge in [-0.1, -0.05) is 11.6 Å². The molecule has 0 amide bonds. The molecular formula is C9H7ClN4O2S. The van der Waals surface area contributed by atoms with E-state index in [0.29, 0.717) is 10.2 Å². The average Bonchev–Trinajstić information content (AvgIpc) is 2.67. The molecule has 0 aliphatic rings. The fourth-order valence-corrected chi connectivity index (χ4v) is 2.04. The molecule has 6 nitrogen and oxygen atoms in total. The standard InChI is InChI=1S/C9H7ClN4O2S/c1-14-9(12-4-13-14)17-7-2-5(8(15)16)6(10)3-11-7/h2-4H,1H3,(H,15,16). The minimum Gasteiger partial charge on any atom is -0.478 e. The van der Waals surface area contributed by atoms with E-state index < -0.39 is 5.97 Å². The number of aromatic nitrogens is 4. The van der Waals surface area contributed by atoms with Crippen LogP contribution in [0.2, 0.25) is 5.02 Å². The van der Waals surface area contributed by atoms with Gasteiger partial charge in [0.25, 0.3) is 0 Å². The number of halogens is 1. The molecule has 0 fully saturated rings. The second-order valence-corrected chi connectivity index (χ2v) is 4.47. The van der Waals surface area contributed by atoms with Gasteiger partial charge in [-0.3, -0.25) is 0 Å². The van der Waals surface area contributed by atoms with Crippen molar-refractivity contribution in [2.75, 3.05) is 0 Å². The molecule has 2 heterocycles. The molecule has 0 aliphatic heterocycles. The van der Waals surface area contributed by atoms with E-state index in [1.807, 2.05) is 0 Å². The number of carbonyl (C=O) groups is 1. The van der Waals surface area contributed by atoms with Crippen LogP contribution in [0.5, 0.6) is 0 Å². The van der Waals surface area contributed by atoms with E-state index >= 15 is 0 Å². The van der Waals surface area contributed by atoms with Gasteiger partial charge in [0.15, 0.2) is 5.16 Å². The van der Waals surface area contributed by atoms with Crippen LogP contribution in [-0.4, -0.2) is 30.8 Å². The first kappa shape index (κ1) is 11.9. The van der Waals surface area contributed by atoms with Gasteiger partial charge in [0, 0.05) is 13.2 Å². The summed E-state index contributed by atoms with van der Waals surface area (Å²) in [7, 11) is 1.74. The lowest BCUT2D eigenvalue weighted by molar-refractivity contribution is 0.0696. The molecule has 88 valence electrons. The summed E-state index contributed by atoms with van der Waals surface area (Å²) in [5.74, 6) is -1.09. The van der Waals surface area contributed by atoms with Gasteiger partial charge in [-0.25, -0.2) is 19.4 Å². The zero-order valence-corrected chi connectivity index (χ0v) is 10.2. The molecule has 0 radical (unpaired) electrons. The zero-order valence-electron chi connectivity index (χ0n) is 8.66. The number of hydrogen-bond donors (Lipinski definition) is 1. The summed E-state index contributed by atoms with van der Waals surface area (Å²) >= 11 is 6.94. The Hall–Kier alpha value is -1.60. The lowest BCUT2D eigenvalue weighted by atomic mass is 10.3. The predicted octanol–water partition coefficient (Wildman–Crippen LogP) is 1.71. The molecule has 1 N–H and O–H groups in total. The van der Waals surface area contributed by atoms with Crippen molar-refractivity contribution >= 4 is 29.3 Å². The number of carboxylic acid groups (broad SMARTS) is 1. The van der Waals surface area contributed by atoms with Gasteiger partial charge in [-0.2, -0.15) is 5.10 Å². The first-order chi connectivity index (χ1) is 8.08. The van der Waals surface area contributed by atoms with E-state index in [9.17, 15) is 4.79 Å². The maximum atomic E-state index is 10.9.